The lowest BCUT2D eigenvalue weighted by Gasteiger charge is -2.11. The van der Waals surface area contributed by atoms with Crippen molar-refractivity contribution in [2.45, 2.75) is 44.7 Å². The number of pyridine rings is 1. The topological polar surface area (TPSA) is 125 Å². The van der Waals surface area contributed by atoms with Crippen molar-refractivity contribution < 1.29 is 13.2 Å². The van der Waals surface area contributed by atoms with E-state index in [2.05, 4.69) is 9.97 Å². The van der Waals surface area contributed by atoms with Gasteiger partial charge >= 0.3 is 0 Å². The number of carbonyl (C=O) groups excluding carboxylic acids is 1. The van der Waals surface area contributed by atoms with Gasteiger partial charge in [0.15, 0.2) is 15.6 Å². The van der Waals surface area contributed by atoms with Crippen molar-refractivity contribution in [1.29, 1.82) is 0 Å². The number of carbonyl (C=O) groups is 1. The van der Waals surface area contributed by atoms with Gasteiger partial charge in [-0.15, -0.1) is 0 Å². The van der Waals surface area contributed by atoms with Gasteiger partial charge < -0.3 is 5.73 Å². The molecular weight excluding hydrogens is 428 g/mol. The number of sulfone groups is 1. The Bertz CT molecular complexity index is 1290. The predicted molar refractivity (Wildman–Crippen MR) is 123 cm³/mol. The molecule has 0 amide bonds. The second kappa shape index (κ2) is 9.86. The van der Waals surface area contributed by atoms with Crippen LogP contribution in [0.4, 0.5) is 5.82 Å². The van der Waals surface area contributed by atoms with Crippen LogP contribution in [0.15, 0.2) is 53.5 Å². The largest absolute Gasteiger partial charge is 0.384 e. The molecule has 2 aromatic heterocycles. The number of nitrogens with zero attached hydrogens (tertiary/aromatic N) is 3. The zero-order valence-electron chi connectivity index (χ0n) is 18.1. The van der Waals surface area contributed by atoms with Gasteiger partial charge in [0.25, 0.3) is 5.56 Å². The molecule has 0 aliphatic heterocycles. The second-order valence-corrected chi connectivity index (χ2v) is 9.82. The standard InChI is InChI=1S/C23H26N4O4S/c1-16-19(9-11-22(24)26-16)8-10-21(28)13-27-17(2)25-12-20(23(27)29)15-32(30,31)14-18-6-4-3-5-7-18/h3-7,9,11-12H,8,10,13-15H2,1-2H3,(H2,24,26). The molecule has 2 heterocycles. The molecule has 9 heteroatoms. The first kappa shape index (κ1) is 23.3. The minimum Gasteiger partial charge on any atom is -0.384 e. The molecule has 3 aromatic rings. The zero-order chi connectivity index (χ0) is 23.3. The molecule has 0 atom stereocenters. The highest BCUT2D eigenvalue weighted by Gasteiger charge is 2.18. The molecule has 0 saturated carbocycles. The fourth-order valence-corrected chi connectivity index (χ4v) is 4.90. The predicted octanol–water partition coefficient (Wildman–Crippen LogP) is 2.15. The third kappa shape index (κ3) is 6.10. The van der Waals surface area contributed by atoms with Crippen molar-refractivity contribution in [3.8, 4) is 0 Å². The van der Waals surface area contributed by atoms with Crippen molar-refractivity contribution >= 4 is 21.4 Å². The van der Waals surface area contributed by atoms with E-state index in [1.807, 2.05) is 13.0 Å². The molecule has 2 N–H and O–H groups in total. The highest BCUT2D eigenvalue weighted by molar-refractivity contribution is 7.89. The van der Waals surface area contributed by atoms with Crippen LogP contribution in [0, 0.1) is 13.8 Å². The molecule has 0 aliphatic carbocycles. The zero-order valence-corrected chi connectivity index (χ0v) is 18.9. The Balaban J connectivity index is 1.71. The molecule has 0 unspecified atom stereocenters. The Morgan fingerprint density at radius 2 is 1.75 bits per heavy atom. The van der Waals surface area contributed by atoms with Crippen molar-refractivity contribution in [1.82, 2.24) is 14.5 Å². The van der Waals surface area contributed by atoms with Crippen molar-refractivity contribution in [2.24, 2.45) is 0 Å². The highest BCUT2D eigenvalue weighted by atomic mass is 32.2. The number of Topliss-reactive ketones (excluding diaryl/α,β-unsaturated/α-hetero) is 1. The fourth-order valence-electron chi connectivity index (χ4n) is 3.42. The Labute approximate surface area is 187 Å². The number of nitrogens with two attached hydrogens (primary N) is 1. The Morgan fingerprint density at radius 1 is 1.03 bits per heavy atom. The van der Waals surface area contributed by atoms with E-state index in [9.17, 15) is 18.0 Å². The van der Waals surface area contributed by atoms with Gasteiger partial charge in [0.2, 0.25) is 0 Å². The van der Waals surface area contributed by atoms with Crippen LogP contribution in [0.25, 0.3) is 0 Å². The summed E-state index contributed by atoms with van der Waals surface area (Å²) in [6, 6.07) is 12.3. The van der Waals surface area contributed by atoms with Crippen molar-refractivity contribution in [3.63, 3.8) is 0 Å². The van der Waals surface area contributed by atoms with Crippen LogP contribution in [-0.2, 0) is 39.1 Å². The molecule has 32 heavy (non-hydrogen) atoms. The molecule has 3 rings (SSSR count). The maximum Gasteiger partial charge on any atom is 0.258 e. The number of rotatable bonds is 9. The van der Waals surface area contributed by atoms with Crippen LogP contribution < -0.4 is 11.3 Å². The van der Waals surface area contributed by atoms with E-state index in [1.165, 1.54) is 10.8 Å². The first-order valence-corrected chi connectivity index (χ1v) is 12.0. The quantitative estimate of drug-likeness (QED) is 0.525. The van der Waals surface area contributed by atoms with E-state index in [4.69, 9.17) is 5.73 Å². The third-order valence-corrected chi connectivity index (χ3v) is 6.67. The van der Waals surface area contributed by atoms with Crippen LogP contribution in [0.1, 0.15) is 34.6 Å². The highest BCUT2D eigenvalue weighted by Crippen LogP contribution is 2.12. The van der Waals surface area contributed by atoms with Crippen LogP contribution >= 0.6 is 0 Å². The Kier molecular flexibility index (Phi) is 7.19. The van der Waals surface area contributed by atoms with Gasteiger partial charge in [0.1, 0.15) is 11.6 Å². The van der Waals surface area contributed by atoms with E-state index in [0.717, 1.165) is 11.3 Å². The maximum atomic E-state index is 12.9. The number of aromatic nitrogens is 3. The number of aryl methyl sites for hydroxylation is 3. The van der Waals surface area contributed by atoms with Gasteiger partial charge in [-0.3, -0.25) is 14.2 Å². The molecule has 0 saturated heterocycles. The summed E-state index contributed by atoms with van der Waals surface area (Å²) in [6.45, 7) is 3.28. The summed E-state index contributed by atoms with van der Waals surface area (Å²) in [4.78, 5) is 33.8. The summed E-state index contributed by atoms with van der Waals surface area (Å²) in [5, 5.41) is 0. The van der Waals surface area contributed by atoms with E-state index >= 15 is 0 Å². The van der Waals surface area contributed by atoms with Crippen LogP contribution in [0.5, 0.6) is 0 Å². The summed E-state index contributed by atoms with van der Waals surface area (Å²) in [5.74, 6) is 0.0216. The third-order valence-electron chi connectivity index (χ3n) is 5.15. The van der Waals surface area contributed by atoms with Gasteiger partial charge in [-0.05, 0) is 37.5 Å². The first-order valence-electron chi connectivity index (χ1n) is 10.2. The Morgan fingerprint density at radius 3 is 2.44 bits per heavy atom. The summed E-state index contributed by atoms with van der Waals surface area (Å²) < 4.78 is 26.4. The summed E-state index contributed by atoms with van der Waals surface area (Å²) >= 11 is 0. The van der Waals surface area contributed by atoms with E-state index in [0.29, 0.717) is 23.6 Å². The SMILES string of the molecule is Cc1nc(N)ccc1CCC(=O)Cn1c(C)ncc(CS(=O)(=O)Cc2ccccc2)c1=O. The van der Waals surface area contributed by atoms with Crippen LogP contribution in [0.3, 0.4) is 0 Å². The van der Waals surface area contributed by atoms with Crippen molar-refractivity contribution in [2.75, 3.05) is 5.73 Å². The summed E-state index contributed by atoms with van der Waals surface area (Å²) in [6.07, 6.45) is 1.98. The number of hydrogen-bond donors (Lipinski definition) is 1. The average molecular weight is 455 g/mol. The lowest BCUT2D eigenvalue weighted by atomic mass is 10.1. The van der Waals surface area contributed by atoms with Gasteiger partial charge in [-0.1, -0.05) is 36.4 Å². The average Bonchev–Trinajstić information content (AvgIpc) is 2.73. The number of hydrogen-bond acceptors (Lipinski definition) is 7. The van der Waals surface area contributed by atoms with Gasteiger partial charge in [0.05, 0.1) is 23.6 Å². The van der Waals surface area contributed by atoms with Crippen molar-refractivity contribution in [3.05, 3.63) is 87.2 Å². The molecule has 0 bridgehead atoms. The fraction of sp³-hybridized carbons (Fsp3) is 0.304. The molecule has 0 radical (unpaired) electrons. The molecule has 0 fully saturated rings. The number of ketones is 1. The van der Waals surface area contributed by atoms with Crippen LogP contribution in [-0.4, -0.2) is 28.7 Å². The van der Waals surface area contributed by atoms with Gasteiger partial charge in [-0.2, -0.15) is 0 Å². The number of benzene rings is 1. The normalized spacial score (nSPS) is 11.4. The summed E-state index contributed by atoms with van der Waals surface area (Å²) in [5.41, 5.74) is 7.52. The minimum absolute atomic E-state index is 0.0536. The van der Waals surface area contributed by atoms with Gasteiger partial charge in [0, 0.05) is 18.3 Å². The molecule has 1 aromatic carbocycles. The molecular formula is C23H26N4O4S. The monoisotopic (exact) mass is 454 g/mol. The van der Waals surface area contributed by atoms with Crippen LogP contribution in [0.2, 0.25) is 0 Å². The minimum atomic E-state index is -3.58. The van der Waals surface area contributed by atoms with E-state index in [1.54, 1.807) is 43.3 Å². The lowest BCUT2D eigenvalue weighted by Crippen LogP contribution is -2.31. The maximum absolute atomic E-state index is 12.9. The first-order chi connectivity index (χ1) is 15.1. The van der Waals surface area contributed by atoms with E-state index in [-0.39, 0.29) is 30.1 Å². The summed E-state index contributed by atoms with van der Waals surface area (Å²) in [7, 11) is -3.58. The smallest absolute Gasteiger partial charge is 0.258 e. The molecule has 0 spiro atoms. The van der Waals surface area contributed by atoms with Gasteiger partial charge in [-0.25, -0.2) is 18.4 Å². The molecule has 8 nitrogen and oxygen atoms in total. The number of nitrogen functional groups attached to an aromatic ring is 1. The second-order valence-electron chi connectivity index (χ2n) is 7.76. The van der Waals surface area contributed by atoms with E-state index < -0.39 is 21.1 Å². The molecule has 168 valence electrons. The lowest BCUT2D eigenvalue weighted by molar-refractivity contribution is -0.119. The Hall–Kier alpha value is -3.33. The number of anilines is 1. The molecule has 0 aliphatic rings.